The van der Waals surface area contributed by atoms with Gasteiger partial charge in [0.2, 0.25) is 5.91 Å². The second-order valence-electron chi connectivity index (χ2n) is 7.94. The van der Waals surface area contributed by atoms with E-state index in [-0.39, 0.29) is 11.8 Å². The Morgan fingerprint density at radius 2 is 1.85 bits per heavy atom. The van der Waals surface area contributed by atoms with Crippen molar-refractivity contribution in [1.29, 1.82) is 0 Å². The molecule has 0 saturated carbocycles. The number of hydrogen-bond acceptors (Lipinski definition) is 4. The van der Waals surface area contributed by atoms with E-state index in [2.05, 4.69) is 40.4 Å². The maximum Gasteiger partial charge on any atom is 0.221 e. The van der Waals surface area contributed by atoms with Crippen LogP contribution in [-0.4, -0.2) is 30.1 Å². The van der Waals surface area contributed by atoms with Crippen molar-refractivity contribution in [3.05, 3.63) is 89.4 Å². The molecule has 0 fully saturated rings. The quantitative estimate of drug-likeness (QED) is 0.382. The van der Waals surface area contributed by atoms with E-state index in [1.54, 1.807) is 26.6 Å². The lowest BCUT2D eigenvalue weighted by Gasteiger charge is -2.19. The topological polar surface area (TPSA) is 76.2 Å². The number of aromatic nitrogens is 2. The number of hydrogen-bond donors (Lipinski definition) is 2. The average molecular weight is 444 g/mol. The molecule has 1 amide bonds. The van der Waals surface area contributed by atoms with Gasteiger partial charge in [0.25, 0.3) is 0 Å². The van der Waals surface area contributed by atoms with Gasteiger partial charge in [0, 0.05) is 48.4 Å². The van der Waals surface area contributed by atoms with Crippen LogP contribution in [0.5, 0.6) is 11.5 Å². The number of amides is 1. The molecule has 0 saturated heterocycles. The van der Waals surface area contributed by atoms with Gasteiger partial charge in [-0.15, -0.1) is 0 Å². The number of methoxy groups -OCH3 is 2. The first kappa shape index (κ1) is 22.4. The van der Waals surface area contributed by atoms with E-state index in [1.165, 1.54) is 5.56 Å². The molecule has 1 unspecified atom stereocenters. The molecule has 0 bridgehead atoms. The molecule has 1 atom stereocenters. The van der Waals surface area contributed by atoms with Crippen molar-refractivity contribution in [2.24, 2.45) is 0 Å². The van der Waals surface area contributed by atoms with Crippen LogP contribution >= 0.6 is 0 Å². The second-order valence-corrected chi connectivity index (χ2v) is 7.94. The number of carbonyl (C=O) groups is 1. The maximum atomic E-state index is 13.0. The van der Waals surface area contributed by atoms with Crippen molar-refractivity contribution in [3.63, 3.8) is 0 Å². The van der Waals surface area contributed by atoms with Crippen LogP contribution in [0.3, 0.4) is 0 Å². The Balaban J connectivity index is 1.69. The number of rotatable bonds is 9. The predicted molar refractivity (Wildman–Crippen MR) is 130 cm³/mol. The van der Waals surface area contributed by atoms with E-state index in [0.717, 1.165) is 34.0 Å². The summed E-state index contributed by atoms with van der Waals surface area (Å²) >= 11 is 0. The molecular formula is C27H29N3O3. The standard InChI is InChI=1S/C27H29N3O3/c1-4-19-6-5-7-21-23(17-30-27(19)21)22(20-8-9-24(32-2)25(14-20)33-3)15-26(31)29-16-18-10-12-28-13-11-18/h5-14,17,22,30H,4,15-16H2,1-3H3,(H,29,31). The molecule has 2 heterocycles. The lowest BCUT2D eigenvalue weighted by Crippen LogP contribution is -2.25. The van der Waals surface area contributed by atoms with Gasteiger partial charge in [0.1, 0.15) is 0 Å². The number of aromatic amines is 1. The zero-order valence-electron chi connectivity index (χ0n) is 19.2. The lowest BCUT2D eigenvalue weighted by molar-refractivity contribution is -0.121. The molecule has 0 spiro atoms. The van der Waals surface area contributed by atoms with E-state index in [1.807, 2.05) is 36.5 Å². The smallest absolute Gasteiger partial charge is 0.221 e. The molecule has 0 aliphatic rings. The zero-order valence-corrected chi connectivity index (χ0v) is 19.2. The summed E-state index contributed by atoms with van der Waals surface area (Å²) < 4.78 is 11.0. The van der Waals surface area contributed by atoms with Gasteiger partial charge in [-0.3, -0.25) is 9.78 Å². The number of pyridine rings is 1. The SMILES string of the molecule is CCc1cccc2c(C(CC(=O)NCc3ccncc3)c3ccc(OC)c(OC)c3)c[nH]c12. The van der Waals surface area contributed by atoms with Crippen molar-refractivity contribution in [3.8, 4) is 11.5 Å². The minimum absolute atomic E-state index is 0.0207. The highest BCUT2D eigenvalue weighted by molar-refractivity contribution is 5.88. The minimum atomic E-state index is -0.150. The Labute approximate surface area is 194 Å². The van der Waals surface area contributed by atoms with Crippen LogP contribution in [0.2, 0.25) is 0 Å². The first-order valence-corrected chi connectivity index (χ1v) is 11.1. The number of nitrogens with one attached hydrogen (secondary N) is 2. The second kappa shape index (κ2) is 10.2. The van der Waals surface area contributed by atoms with Crippen LogP contribution in [0, 0.1) is 0 Å². The normalized spacial score (nSPS) is 11.8. The van der Waals surface area contributed by atoms with Gasteiger partial charge >= 0.3 is 0 Å². The fourth-order valence-electron chi connectivity index (χ4n) is 4.26. The highest BCUT2D eigenvalue weighted by atomic mass is 16.5. The highest BCUT2D eigenvalue weighted by Gasteiger charge is 2.23. The number of aryl methyl sites for hydroxylation is 1. The number of H-pyrrole nitrogens is 1. The third-order valence-corrected chi connectivity index (χ3v) is 6.03. The highest BCUT2D eigenvalue weighted by Crippen LogP contribution is 2.38. The average Bonchev–Trinajstić information content (AvgIpc) is 3.30. The van der Waals surface area contributed by atoms with Gasteiger partial charge in [-0.25, -0.2) is 0 Å². The number of nitrogens with zero attached hydrogens (tertiary/aromatic N) is 1. The molecule has 2 aromatic carbocycles. The van der Waals surface area contributed by atoms with Crippen molar-refractivity contribution in [2.75, 3.05) is 14.2 Å². The molecular weight excluding hydrogens is 414 g/mol. The summed E-state index contributed by atoms with van der Waals surface area (Å²) in [6.07, 6.45) is 6.73. The van der Waals surface area contributed by atoms with Gasteiger partial charge in [-0.05, 0) is 52.9 Å². The summed E-state index contributed by atoms with van der Waals surface area (Å²) in [5.41, 5.74) is 5.48. The lowest BCUT2D eigenvalue weighted by atomic mass is 9.87. The Hall–Kier alpha value is -3.80. The van der Waals surface area contributed by atoms with Crippen molar-refractivity contribution in [2.45, 2.75) is 32.2 Å². The molecule has 6 heteroatoms. The van der Waals surface area contributed by atoms with Crippen molar-refractivity contribution in [1.82, 2.24) is 15.3 Å². The van der Waals surface area contributed by atoms with Gasteiger partial charge < -0.3 is 19.8 Å². The van der Waals surface area contributed by atoms with E-state index in [9.17, 15) is 4.79 Å². The number of para-hydroxylation sites is 1. The van der Waals surface area contributed by atoms with Gasteiger partial charge in [-0.1, -0.05) is 31.2 Å². The van der Waals surface area contributed by atoms with E-state index >= 15 is 0 Å². The third-order valence-electron chi connectivity index (χ3n) is 6.03. The molecule has 0 radical (unpaired) electrons. The summed E-state index contributed by atoms with van der Waals surface area (Å²) in [7, 11) is 3.24. The van der Waals surface area contributed by atoms with Gasteiger partial charge in [-0.2, -0.15) is 0 Å². The molecule has 2 aromatic heterocycles. The Bertz CT molecular complexity index is 1230. The zero-order chi connectivity index (χ0) is 23.2. The van der Waals surface area contributed by atoms with Gasteiger partial charge in [0.15, 0.2) is 11.5 Å². The minimum Gasteiger partial charge on any atom is -0.493 e. The van der Waals surface area contributed by atoms with E-state index in [0.29, 0.717) is 24.5 Å². The van der Waals surface area contributed by atoms with Crippen LogP contribution in [0.25, 0.3) is 10.9 Å². The van der Waals surface area contributed by atoms with Crippen LogP contribution in [-0.2, 0) is 17.8 Å². The Morgan fingerprint density at radius 1 is 1.06 bits per heavy atom. The molecule has 2 N–H and O–H groups in total. The van der Waals surface area contributed by atoms with Crippen LogP contribution in [0.4, 0.5) is 0 Å². The number of ether oxygens (including phenoxy) is 2. The Morgan fingerprint density at radius 3 is 2.58 bits per heavy atom. The van der Waals surface area contributed by atoms with E-state index < -0.39 is 0 Å². The molecule has 6 nitrogen and oxygen atoms in total. The molecule has 4 aromatic rings. The van der Waals surface area contributed by atoms with Crippen LogP contribution in [0.1, 0.15) is 41.5 Å². The molecule has 33 heavy (non-hydrogen) atoms. The first-order chi connectivity index (χ1) is 16.1. The molecule has 170 valence electrons. The Kier molecular flexibility index (Phi) is 6.93. The van der Waals surface area contributed by atoms with Gasteiger partial charge in [0.05, 0.1) is 14.2 Å². The molecule has 4 rings (SSSR count). The number of fused-ring (bicyclic) bond motifs is 1. The number of carbonyl (C=O) groups excluding carboxylic acids is 1. The summed E-state index contributed by atoms with van der Waals surface area (Å²) in [6.45, 7) is 2.61. The summed E-state index contributed by atoms with van der Waals surface area (Å²) in [5, 5.41) is 4.19. The summed E-state index contributed by atoms with van der Waals surface area (Å²) in [6, 6.07) is 16.0. The maximum absolute atomic E-state index is 13.0. The summed E-state index contributed by atoms with van der Waals surface area (Å²) in [5.74, 6) is 1.14. The van der Waals surface area contributed by atoms with Crippen molar-refractivity contribution >= 4 is 16.8 Å². The fourth-order valence-corrected chi connectivity index (χ4v) is 4.26. The number of benzene rings is 2. The molecule has 0 aliphatic carbocycles. The van der Waals surface area contributed by atoms with Crippen LogP contribution in [0.15, 0.2) is 67.1 Å². The fraction of sp³-hybridized carbons (Fsp3) is 0.259. The largest absolute Gasteiger partial charge is 0.493 e. The molecule has 0 aliphatic heterocycles. The monoisotopic (exact) mass is 443 g/mol. The van der Waals surface area contributed by atoms with E-state index in [4.69, 9.17) is 9.47 Å². The van der Waals surface area contributed by atoms with Crippen LogP contribution < -0.4 is 14.8 Å². The predicted octanol–water partition coefficient (Wildman–Crippen LogP) is 4.98. The third kappa shape index (κ3) is 4.85. The summed E-state index contributed by atoms with van der Waals surface area (Å²) in [4.78, 5) is 20.5. The van der Waals surface area contributed by atoms with Crippen molar-refractivity contribution < 1.29 is 14.3 Å². The first-order valence-electron chi connectivity index (χ1n) is 11.1.